The van der Waals surface area contributed by atoms with Crippen LogP contribution in [0.25, 0.3) is 0 Å². The van der Waals surface area contributed by atoms with Crippen LogP contribution in [0.5, 0.6) is 0 Å². The number of hydrogen-bond donors (Lipinski definition) is 3. The zero-order chi connectivity index (χ0) is 9.30. The van der Waals surface area contributed by atoms with Crippen molar-refractivity contribution in [3.63, 3.8) is 0 Å². The largest absolute Gasteiger partial charge is 0.390 e. The molecule has 1 unspecified atom stereocenters. The molecule has 0 saturated heterocycles. The van der Waals surface area contributed by atoms with Crippen LogP contribution in [0.4, 0.5) is 0 Å². The number of rotatable bonds is 1. The first-order chi connectivity index (χ1) is 5.57. The van der Waals surface area contributed by atoms with Crippen LogP contribution >= 0.6 is 0 Å². The van der Waals surface area contributed by atoms with Crippen LogP contribution in [0.3, 0.4) is 0 Å². The Kier molecular flexibility index (Phi) is 2.88. The summed E-state index contributed by atoms with van der Waals surface area (Å²) in [5.74, 6) is -0.0710. The summed E-state index contributed by atoms with van der Waals surface area (Å²) in [5, 5.41) is 28.2. The summed E-state index contributed by atoms with van der Waals surface area (Å²) in [5.41, 5.74) is 0.820. The minimum absolute atomic E-state index is 0.0710. The summed E-state index contributed by atoms with van der Waals surface area (Å²) >= 11 is 0. The van der Waals surface area contributed by atoms with Crippen molar-refractivity contribution in [2.24, 2.45) is 5.92 Å². The Morgan fingerprint density at radius 1 is 1.25 bits per heavy atom. The second kappa shape index (κ2) is 3.56. The van der Waals surface area contributed by atoms with Gasteiger partial charge in [-0.2, -0.15) is 0 Å². The Morgan fingerprint density at radius 3 is 2.33 bits per heavy atom. The molecule has 1 aliphatic carbocycles. The Morgan fingerprint density at radius 2 is 1.83 bits per heavy atom. The van der Waals surface area contributed by atoms with Crippen molar-refractivity contribution in [3.05, 3.63) is 11.6 Å². The monoisotopic (exact) mass is 172 g/mol. The molecule has 0 amide bonds. The van der Waals surface area contributed by atoms with Gasteiger partial charge >= 0.3 is 0 Å². The van der Waals surface area contributed by atoms with Crippen molar-refractivity contribution in [1.29, 1.82) is 0 Å². The minimum Gasteiger partial charge on any atom is -0.390 e. The van der Waals surface area contributed by atoms with Crippen LogP contribution in [0.1, 0.15) is 20.3 Å². The van der Waals surface area contributed by atoms with Gasteiger partial charge in [0.25, 0.3) is 0 Å². The minimum atomic E-state index is -1.03. The molecule has 0 saturated carbocycles. The molecule has 1 aliphatic rings. The molecule has 12 heavy (non-hydrogen) atoms. The first-order valence-electron chi connectivity index (χ1n) is 4.32. The van der Waals surface area contributed by atoms with E-state index in [1.165, 1.54) is 0 Å². The van der Waals surface area contributed by atoms with Gasteiger partial charge in [0.2, 0.25) is 0 Å². The average Bonchev–Trinajstić information content (AvgIpc) is 2.08. The van der Waals surface area contributed by atoms with Gasteiger partial charge in [-0.3, -0.25) is 0 Å². The molecule has 3 heteroatoms. The first kappa shape index (κ1) is 9.71. The van der Waals surface area contributed by atoms with E-state index in [0.29, 0.717) is 0 Å². The molecular weight excluding hydrogens is 156 g/mol. The Labute approximate surface area is 72.3 Å². The molecule has 0 aliphatic heterocycles. The van der Waals surface area contributed by atoms with E-state index in [2.05, 4.69) is 0 Å². The molecule has 70 valence electrons. The molecule has 0 fully saturated rings. The van der Waals surface area contributed by atoms with Gasteiger partial charge in [0.15, 0.2) is 0 Å². The average molecular weight is 172 g/mol. The summed E-state index contributed by atoms with van der Waals surface area (Å²) in [4.78, 5) is 0. The lowest BCUT2D eigenvalue weighted by atomic mass is 9.84. The molecule has 0 aromatic carbocycles. The Bertz CT molecular complexity index is 188. The summed E-state index contributed by atoms with van der Waals surface area (Å²) in [6.45, 7) is 3.75. The standard InChI is InChI=1S/C9H16O3/c1-3-6-4-5(2)7(10)9(12)8(6)11/h4-5,7-12H,3H2,1-2H3/t5-,7-,8+,9?/m0/s1. The Hall–Kier alpha value is -0.380. The number of aliphatic hydroxyl groups excluding tert-OH is 3. The van der Waals surface area contributed by atoms with Crippen LogP contribution in [0.15, 0.2) is 11.6 Å². The SMILES string of the molecule is CCC1=C[C@H](C)[C@H](O)C(O)[C@@H]1O. The number of hydrogen-bond acceptors (Lipinski definition) is 3. The van der Waals surface area contributed by atoms with Crippen LogP contribution in [0, 0.1) is 5.92 Å². The highest BCUT2D eigenvalue weighted by molar-refractivity contribution is 5.17. The van der Waals surface area contributed by atoms with Crippen LogP contribution in [-0.4, -0.2) is 33.6 Å². The van der Waals surface area contributed by atoms with Crippen molar-refractivity contribution >= 4 is 0 Å². The van der Waals surface area contributed by atoms with Crippen molar-refractivity contribution in [2.75, 3.05) is 0 Å². The van der Waals surface area contributed by atoms with Crippen molar-refractivity contribution < 1.29 is 15.3 Å². The predicted molar refractivity (Wildman–Crippen MR) is 45.6 cm³/mol. The van der Waals surface area contributed by atoms with Gasteiger partial charge < -0.3 is 15.3 Å². The Balaban J connectivity index is 2.84. The van der Waals surface area contributed by atoms with Crippen molar-refractivity contribution in [2.45, 2.75) is 38.6 Å². The van der Waals surface area contributed by atoms with E-state index in [4.69, 9.17) is 0 Å². The summed E-state index contributed by atoms with van der Waals surface area (Å²) in [6, 6.07) is 0. The topological polar surface area (TPSA) is 60.7 Å². The second-order valence-electron chi connectivity index (χ2n) is 3.38. The van der Waals surface area contributed by atoms with Gasteiger partial charge in [0.1, 0.15) is 12.2 Å². The molecule has 3 nitrogen and oxygen atoms in total. The zero-order valence-corrected chi connectivity index (χ0v) is 7.44. The van der Waals surface area contributed by atoms with Crippen LogP contribution in [0.2, 0.25) is 0 Å². The van der Waals surface area contributed by atoms with Gasteiger partial charge in [-0.15, -0.1) is 0 Å². The van der Waals surface area contributed by atoms with E-state index in [1.807, 2.05) is 19.9 Å². The lowest BCUT2D eigenvalue weighted by molar-refractivity contribution is -0.0679. The van der Waals surface area contributed by atoms with E-state index < -0.39 is 18.3 Å². The third-order valence-corrected chi connectivity index (χ3v) is 2.48. The lowest BCUT2D eigenvalue weighted by Gasteiger charge is -2.32. The number of aliphatic hydroxyl groups is 3. The van der Waals surface area contributed by atoms with E-state index in [9.17, 15) is 15.3 Å². The van der Waals surface area contributed by atoms with E-state index >= 15 is 0 Å². The third kappa shape index (κ3) is 1.53. The fraction of sp³-hybridized carbons (Fsp3) is 0.778. The highest BCUT2D eigenvalue weighted by Crippen LogP contribution is 2.25. The predicted octanol–water partition coefficient (Wildman–Crippen LogP) is 0.0552. The van der Waals surface area contributed by atoms with Gasteiger partial charge in [0, 0.05) is 5.92 Å². The lowest BCUT2D eigenvalue weighted by Crippen LogP contribution is -2.45. The van der Waals surface area contributed by atoms with Gasteiger partial charge in [0.05, 0.1) is 6.10 Å². The highest BCUT2D eigenvalue weighted by atomic mass is 16.4. The smallest absolute Gasteiger partial charge is 0.110 e. The molecule has 0 radical (unpaired) electrons. The molecular formula is C9H16O3. The highest BCUT2D eigenvalue weighted by Gasteiger charge is 2.34. The van der Waals surface area contributed by atoms with E-state index in [0.717, 1.165) is 12.0 Å². The maximum Gasteiger partial charge on any atom is 0.110 e. The van der Waals surface area contributed by atoms with Crippen molar-refractivity contribution in [3.8, 4) is 0 Å². The third-order valence-electron chi connectivity index (χ3n) is 2.48. The quantitative estimate of drug-likeness (QED) is 0.490. The summed E-state index contributed by atoms with van der Waals surface area (Å²) in [7, 11) is 0. The molecule has 0 bridgehead atoms. The summed E-state index contributed by atoms with van der Waals surface area (Å²) in [6.07, 6.45) is -0.200. The zero-order valence-electron chi connectivity index (χ0n) is 7.44. The van der Waals surface area contributed by atoms with Gasteiger partial charge in [-0.1, -0.05) is 19.9 Å². The molecule has 0 aromatic rings. The fourth-order valence-corrected chi connectivity index (χ4v) is 1.58. The molecule has 4 atom stereocenters. The van der Waals surface area contributed by atoms with Crippen LogP contribution in [-0.2, 0) is 0 Å². The molecule has 1 rings (SSSR count). The van der Waals surface area contributed by atoms with Gasteiger partial charge in [-0.05, 0) is 12.0 Å². The first-order valence-corrected chi connectivity index (χ1v) is 4.32. The summed E-state index contributed by atoms with van der Waals surface area (Å²) < 4.78 is 0. The second-order valence-corrected chi connectivity index (χ2v) is 3.38. The fourth-order valence-electron chi connectivity index (χ4n) is 1.58. The molecule has 0 spiro atoms. The van der Waals surface area contributed by atoms with E-state index in [1.54, 1.807) is 0 Å². The molecule has 3 N–H and O–H groups in total. The maximum atomic E-state index is 9.45. The normalized spacial score (nSPS) is 42.6. The molecule has 0 heterocycles. The molecule has 0 aromatic heterocycles. The maximum absolute atomic E-state index is 9.45. The van der Waals surface area contributed by atoms with Crippen LogP contribution < -0.4 is 0 Å². The van der Waals surface area contributed by atoms with E-state index in [-0.39, 0.29) is 5.92 Å². The van der Waals surface area contributed by atoms with Crippen molar-refractivity contribution in [1.82, 2.24) is 0 Å². The van der Waals surface area contributed by atoms with Gasteiger partial charge in [-0.25, -0.2) is 0 Å².